The van der Waals surface area contributed by atoms with Crippen LogP contribution in [0, 0.1) is 0 Å². The molecule has 0 fully saturated rings. The second kappa shape index (κ2) is 41.2. The van der Waals surface area contributed by atoms with Gasteiger partial charge < -0.3 is 72.0 Å². The van der Waals surface area contributed by atoms with E-state index in [1.807, 2.05) is 0 Å². The zero-order valence-corrected chi connectivity index (χ0v) is 31.7. The molecule has 0 aliphatic heterocycles. The fraction of sp³-hybridized carbons (Fsp3) is 0.889. The molecule has 2 N–H and O–H groups in total. The number of carboxylic acid groups (broad SMARTS) is 1. The first-order valence-electron chi connectivity index (χ1n) is 18.9. The van der Waals surface area contributed by atoms with Gasteiger partial charge in [-0.3, -0.25) is 4.79 Å². The zero-order valence-electron chi connectivity index (χ0n) is 31.7. The number of hydrogen-bond donors (Lipinski definition) is 2. The van der Waals surface area contributed by atoms with Crippen molar-refractivity contribution >= 4 is 12.1 Å². The Labute approximate surface area is 315 Å². The summed E-state index contributed by atoms with van der Waals surface area (Å²) in [5, 5.41) is 11.2. The third-order valence-corrected chi connectivity index (χ3v) is 7.06. The summed E-state index contributed by atoms with van der Waals surface area (Å²) in [5.74, 6) is -0.877. The lowest BCUT2D eigenvalue weighted by atomic mass is 10.0. The monoisotopic (exact) mass is 769 g/mol. The lowest BCUT2D eigenvalue weighted by Gasteiger charge is -2.18. The highest BCUT2D eigenvalue weighted by Gasteiger charge is 2.14. The molecule has 0 spiro atoms. The van der Waals surface area contributed by atoms with Gasteiger partial charge in [0.25, 0.3) is 0 Å². The second-order valence-electron chi connectivity index (χ2n) is 11.4. The van der Waals surface area contributed by atoms with Crippen molar-refractivity contribution in [3.8, 4) is 0 Å². The number of amides is 1. The molecule has 1 amide bonds. The number of nitrogens with one attached hydrogen (secondary N) is 1. The molecule has 17 heteroatoms. The van der Waals surface area contributed by atoms with Gasteiger partial charge in [-0.05, 0) is 32.1 Å². The van der Waals surface area contributed by atoms with E-state index in [1.165, 1.54) is 0 Å². The molecule has 0 aromatic rings. The van der Waals surface area contributed by atoms with Crippen LogP contribution >= 0.6 is 0 Å². The van der Waals surface area contributed by atoms with Crippen LogP contribution in [0.5, 0.6) is 0 Å². The maximum atomic E-state index is 11.9. The van der Waals surface area contributed by atoms with E-state index in [0.717, 1.165) is 32.1 Å². The molecule has 0 aromatic carbocycles. The van der Waals surface area contributed by atoms with Crippen molar-refractivity contribution in [2.75, 3.05) is 165 Å². The van der Waals surface area contributed by atoms with Crippen LogP contribution in [0.15, 0.2) is 12.2 Å². The number of ether oxygens (including phenoxy) is 13. The lowest BCUT2D eigenvalue weighted by molar-refractivity contribution is -0.138. The van der Waals surface area contributed by atoms with E-state index in [4.69, 9.17) is 66.7 Å². The molecule has 0 saturated heterocycles. The number of alkyl carbamates (subject to hydrolysis) is 1. The van der Waals surface area contributed by atoms with E-state index in [2.05, 4.69) is 17.5 Å². The average molecular weight is 770 g/mol. The lowest BCUT2D eigenvalue weighted by Crippen LogP contribution is -2.31. The van der Waals surface area contributed by atoms with E-state index < -0.39 is 5.97 Å². The third kappa shape index (κ3) is 39.5. The molecule has 1 aliphatic rings. The minimum atomic E-state index is -0.877. The molecular weight excluding hydrogens is 702 g/mol. The van der Waals surface area contributed by atoms with Crippen molar-refractivity contribution in [2.24, 2.45) is 0 Å². The van der Waals surface area contributed by atoms with Gasteiger partial charge in [0, 0.05) is 6.54 Å². The summed E-state index contributed by atoms with van der Waals surface area (Å²) >= 11 is 0. The molecule has 0 bridgehead atoms. The molecule has 0 saturated carbocycles. The SMILES string of the molecule is O=C(O)CCOCCOCCOCCOCCOCCOCCOCCOCCOCCOCCOCCOCCNC(=O)OC1CC/C=C/CCC1. The molecule has 17 nitrogen and oxygen atoms in total. The van der Waals surface area contributed by atoms with E-state index in [9.17, 15) is 9.59 Å². The van der Waals surface area contributed by atoms with Gasteiger partial charge >= 0.3 is 12.1 Å². The first-order valence-corrected chi connectivity index (χ1v) is 18.9. The van der Waals surface area contributed by atoms with Crippen molar-refractivity contribution in [1.29, 1.82) is 0 Å². The van der Waals surface area contributed by atoms with Crippen LogP contribution < -0.4 is 5.32 Å². The zero-order chi connectivity index (χ0) is 38.0. The highest BCUT2D eigenvalue weighted by atomic mass is 16.6. The van der Waals surface area contributed by atoms with Gasteiger partial charge in [0.1, 0.15) is 6.10 Å². The van der Waals surface area contributed by atoms with Gasteiger partial charge in [-0.15, -0.1) is 0 Å². The van der Waals surface area contributed by atoms with Crippen molar-refractivity contribution in [1.82, 2.24) is 5.32 Å². The van der Waals surface area contributed by atoms with Gasteiger partial charge in [0.2, 0.25) is 0 Å². The summed E-state index contributed by atoms with van der Waals surface area (Å²) in [4.78, 5) is 22.3. The number of carbonyl (C=O) groups is 2. The van der Waals surface area contributed by atoms with Gasteiger partial charge in [0.05, 0.1) is 165 Å². The van der Waals surface area contributed by atoms with Gasteiger partial charge in [-0.1, -0.05) is 12.2 Å². The molecule has 1 aliphatic carbocycles. The highest BCUT2D eigenvalue weighted by molar-refractivity contribution is 5.67. The summed E-state index contributed by atoms with van der Waals surface area (Å²) in [5.41, 5.74) is 0. The van der Waals surface area contributed by atoms with Crippen LogP contribution in [0.2, 0.25) is 0 Å². The molecule has 312 valence electrons. The number of rotatable bonds is 40. The number of aliphatic carboxylic acids is 1. The van der Waals surface area contributed by atoms with Gasteiger partial charge in [-0.2, -0.15) is 0 Å². The van der Waals surface area contributed by atoms with Crippen LogP contribution in [-0.2, 0) is 66.4 Å². The van der Waals surface area contributed by atoms with Gasteiger partial charge in [-0.25, -0.2) is 4.79 Å². The smallest absolute Gasteiger partial charge is 0.407 e. The number of allylic oxidation sites excluding steroid dienone is 2. The van der Waals surface area contributed by atoms with E-state index in [-0.39, 0.29) is 25.2 Å². The predicted molar refractivity (Wildman–Crippen MR) is 193 cm³/mol. The number of carbonyl (C=O) groups excluding carboxylic acids is 1. The molecule has 53 heavy (non-hydrogen) atoms. The summed E-state index contributed by atoms with van der Waals surface area (Å²) in [6.45, 7) is 11.2. The number of hydrogen-bond acceptors (Lipinski definition) is 15. The van der Waals surface area contributed by atoms with Crippen molar-refractivity contribution in [3.05, 3.63) is 12.2 Å². The Kier molecular flexibility index (Phi) is 38.1. The minimum Gasteiger partial charge on any atom is -0.481 e. The molecule has 0 aromatic heterocycles. The predicted octanol–water partition coefficient (Wildman–Crippen LogP) is 2.28. The summed E-state index contributed by atoms with van der Waals surface area (Å²) in [6.07, 6.45) is 8.76. The Hall–Kier alpha value is -2.00. The van der Waals surface area contributed by atoms with Crippen LogP contribution in [-0.4, -0.2) is 188 Å². The fourth-order valence-electron chi connectivity index (χ4n) is 4.34. The van der Waals surface area contributed by atoms with E-state index in [1.54, 1.807) is 0 Å². The summed E-state index contributed by atoms with van der Waals surface area (Å²) in [6, 6.07) is 0. The molecule has 0 heterocycles. The van der Waals surface area contributed by atoms with Crippen LogP contribution in [0.4, 0.5) is 4.79 Å². The topological polar surface area (TPSA) is 186 Å². The molecule has 1 unspecified atom stereocenters. The largest absolute Gasteiger partial charge is 0.481 e. The fourth-order valence-corrected chi connectivity index (χ4v) is 4.34. The quantitative estimate of drug-likeness (QED) is 0.0682. The Morgan fingerprint density at radius 2 is 0.774 bits per heavy atom. The summed E-state index contributed by atoms with van der Waals surface area (Å²) < 4.78 is 70.6. The first-order chi connectivity index (χ1) is 26.2. The van der Waals surface area contributed by atoms with Crippen LogP contribution in [0.25, 0.3) is 0 Å². The molecule has 1 rings (SSSR count). The molecule has 0 radical (unpaired) electrons. The van der Waals surface area contributed by atoms with E-state index in [0.29, 0.717) is 159 Å². The Balaban J connectivity index is 1.64. The van der Waals surface area contributed by atoms with Crippen molar-refractivity contribution in [3.63, 3.8) is 0 Å². The Morgan fingerprint density at radius 1 is 0.453 bits per heavy atom. The third-order valence-electron chi connectivity index (χ3n) is 7.06. The molecular formula is C36H67NO16. The maximum absolute atomic E-state index is 11.9. The number of carboxylic acids is 1. The Morgan fingerprint density at radius 3 is 1.13 bits per heavy atom. The first kappa shape index (κ1) is 49.0. The van der Waals surface area contributed by atoms with Crippen LogP contribution in [0.1, 0.15) is 38.5 Å². The highest BCUT2D eigenvalue weighted by Crippen LogP contribution is 2.15. The van der Waals surface area contributed by atoms with Crippen molar-refractivity contribution in [2.45, 2.75) is 44.6 Å². The minimum absolute atomic E-state index is 0.00616. The summed E-state index contributed by atoms with van der Waals surface area (Å²) in [7, 11) is 0. The van der Waals surface area contributed by atoms with Gasteiger partial charge in [0.15, 0.2) is 0 Å². The normalized spacial score (nSPS) is 15.2. The van der Waals surface area contributed by atoms with Crippen LogP contribution in [0.3, 0.4) is 0 Å². The van der Waals surface area contributed by atoms with Crippen molar-refractivity contribution < 1.29 is 76.3 Å². The maximum Gasteiger partial charge on any atom is 0.407 e. The molecule has 1 atom stereocenters. The second-order valence-corrected chi connectivity index (χ2v) is 11.4. The standard InChI is InChI=1S/C36H67NO16/c38-35(39)8-10-41-12-14-43-16-18-45-20-22-47-24-26-49-28-30-51-32-33-52-31-29-50-27-25-48-23-21-46-19-17-44-15-13-42-11-9-37-36(40)53-34-6-4-2-1-3-5-7-34/h1-2,34H,3-33H2,(H,37,40)(H,38,39)/b2-1+. The Bertz CT molecular complexity index is 824. The average Bonchev–Trinajstić information content (AvgIpc) is 3.13. The van der Waals surface area contributed by atoms with E-state index >= 15 is 0 Å².